The summed E-state index contributed by atoms with van der Waals surface area (Å²) in [5, 5.41) is 2.90. The number of halogens is 2. The topological polar surface area (TPSA) is 37.3 Å². The van der Waals surface area contributed by atoms with E-state index in [4.69, 9.17) is 0 Å². The van der Waals surface area contributed by atoms with Gasteiger partial charge in [-0.25, -0.2) is 13.8 Å². The minimum Gasteiger partial charge on any atom is -0.351 e. The number of anilines is 1. The number of alkyl halides is 1. The zero-order chi connectivity index (χ0) is 12.7. The molecule has 3 nitrogen and oxygen atoms in total. The zero-order valence-corrected chi connectivity index (χ0v) is 9.82. The SMILES string of the molecule is Cc1ccnc(NC/N=C\C(F)=C/C(C)F)c1. The summed E-state index contributed by atoms with van der Waals surface area (Å²) in [4.78, 5) is 7.81. The molecule has 0 bridgehead atoms. The molecular formula is C12H15F2N3. The molecule has 0 saturated heterocycles. The van der Waals surface area contributed by atoms with Crippen LogP contribution >= 0.6 is 0 Å². The van der Waals surface area contributed by atoms with E-state index in [1.165, 1.54) is 6.92 Å². The second-order valence-electron chi connectivity index (χ2n) is 3.59. The highest BCUT2D eigenvalue weighted by atomic mass is 19.1. The van der Waals surface area contributed by atoms with Crippen molar-refractivity contribution in [2.24, 2.45) is 4.99 Å². The molecule has 0 fully saturated rings. The predicted molar refractivity (Wildman–Crippen MR) is 65.7 cm³/mol. The fourth-order valence-corrected chi connectivity index (χ4v) is 1.15. The summed E-state index contributed by atoms with van der Waals surface area (Å²) in [5.41, 5.74) is 1.07. The van der Waals surface area contributed by atoms with E-state index in [1.807, 2.05) is 19.1 Å². The van der Waals surface area contributed by atoms with Gasteiger partial charge in [0.15, 0.2) is 0 Å². The number of aromatic nitrogens is 1. The lowest BCUT2D eigenvalue weighted by Gasteiger charge is -2.01. The third kappa shape index (κ3) is 5.75. The van der Waals surface area contributed by atoms with Gasteiger partial charge in [-0.3, -0.25) is 4.99 Å². The Morgan fingerprint density at radius 3 is 3.06 bits per heavy atom. The van der Waals surface area contributed by atoms with E-state index in [-0.39, 0.29) is 6.67 Å². The smallest absolute Gasteiger partial charge is 0.139 e. The molecule has 0 spiro atoms. The number of aryl methyl sites for hydroxylation is 1. The van der Waals surface area contributed by atoms with Gasteiger partial charge in [0.05, 0.1) is 6.21 Å². The van der Waals surface area contributed by atoms with Crippen molar-refractivity contribution < 1.29 is 8.78 Å². The number of rotatable bonds is 5. The Hall–Kier alpha value is -1.78. The van der Waals surface area contributed by atoms with Crippen LogP contribution in [0.4, 0.5) is 14.6 Å². The Kier molecular flexibility index (Phi) is 5.26. The minimum atomic E-state index is -1.31. The van der Waals surface area contributed by atoms with E-state index in [9.17, 15) is 8.78 Å². The predicted octanol–water partition coefficient (Wildman–Crippen LogP) is 3.04. The summed E-state index contributed by atoms with van der Waals surface area (Å²) in [6.07, 6.45) is 2.20. The molecule has 1 N–H and O–H groups in total. The van der Waals surface area contributed by atoms with Gasteiger partial charge in [0.25, 0.3) is 0 Å². The van der Waals surface area contributed by atoms with Crippen LogP contribution in [-0.4, -0.2) is 24.0 Å². The molecule has 17 heavy (non-hydrogen) atoms. The van der Waals surface area contributed by atoms with Crippen molar-refractivity contribution in [2.45, 2.75) is 20.0 Å². The molecule has 1 aromatic rings. The zero-order valence-electron chi connectivity index (χ0n) is 9.82. The van der Waals surface area contributed by atoms with Crippen molar-refractivity contribution in [3.05, 3.63) is 35.8 Å². The fourth-order valence-electron chi connectivity index (χ4n) is 1.15. The summed E-state index contributed by atoms with van der Waals surface area (Å²) in [7, 11) is 0. The summed E-state index contributed by atoms with van der Waals surface area (Å²) < 4.78 is 25.2. The first-order valence-corrected chi connectivity index (χ1v) is 5.25. The number of nitrogens with one attached hydrogen (secondary N) is 1. The molecular weight excluding hydrogens is 224 g/mol. The maximum absolute atomic E-state index is 12.9. The minimum absolute atomic E-state index is 0.193. The van der Waals surface area contributed by atoms with E-state index < -0.39 is 12.0 Å². The maximum Gasteiger partial charge on any atom is 0.139 e. The molecule has 0 aliphatic carbocycles. The van der Waals surface area contributed by atoms with E-state index in [0.29, 0.717) is 5.82 Å². The standard InChI is InChI=1S/C12H15F2N3/c1-9-3-4-16-12(5-9)17-8-15-7-11(14)6-10(2)13/h3-7,10H,8H2,1-2H3,(H,16,17)/b11-6+,15-7-. The number of allylic oxidation sites excluding steroid dienone is 2. The first kappa shape index (κ1) is 13.3. The second kappa shape index (κ2) is 6.73. The molecule has 1 rings (SSSR count). The largest absolute Gasteiger partial charge is 0.351 e. The van der Waals surface area contributed by atoms with Crippen LogP contribution in [0.1, 0.15) is 12.5 Å². The van der Waals surface area contributed by atoms with Gasteiger partial charge in [-0.05, 0) is 37.6 Å². The third-order valence-corrected chi connectivity index (χ3v) is 1.87. The molecule has 0 radical (unpaired) electrons. The average Bonchev–Trinajstić information content (AvgIpc) is 2.23. The van der Waals surface area contributed by atoms with Crippen LogP contribution in [0, 0.1) is 6.92 Å². The molecule has 1 heterocycles. The number of hydrogen-bond donors (Lipinski definition) is 1. The molecule has 5 heteroatoms. The van der Waals surface area contributed by atoms with E-state index in [2.05, 4.69) is 15.3 Å². The molecule has 0 amide bonds. The highest BCUT2D eigenvalue weighted by molar-refractivity contribution is 5.75. The van der Waals surface area contributed by atoms with Crippen molar-refractivity contribution in [2.75, 3.05) is 12.0 Å². The molecule has 1 atom stereocenters. The lowest BCUT2D eigenvalue weighted by atomic mass is 10.3. The summed E-state index contributed by atoms with van der Waals surface area (Å²) in [5.74, 6) is -0.00982. The monoisotopic (exact) mass is 239 g/mol. The van der Waals surface area contributed by atoms with Crippen LogP contribution in [0.3, 0.4) is 0 Å². The Morgan fingerprint density at radius 2 is 2.41 bits per heavy atom. The van der Waals surface area contributed by atoms with Crippen molar-refractivity contribution in [1.29, 1.82) is 0 Å². The first-order valence-electron chi connectivity index (χ1n) is 5.25. The first-order chi connectivity index (χ1) is 8.08. The molecule has 92 valence electrons. The van der Waals surface area contributed by atoms with Gasteiger partial charge in [0.1, 0.15) is 24.5 Å². The van der Waals surface area contributed by atoms with Crippen LogP contribution in [0.2, 0.25) is 0 Å². The molecule has 0 aliphatic rings. The van der Waals surface area contributed by atoms with Crippen molar-refractivity contribution in [3.8, 4) is 0 Å². The van der Waals surface area contributed by atoms with Crippen LogP contribution in [0.5, 0.6) is 0 Å². The third-order valence-electron chi connectivity index (χ3n) is 1.87. The van der Waals surface area contributed by atoms with E-state index in [1.54, 1.807) is 6.20 Å². The van der Waals surface area contributed by atoms with Crippen LogP contribution < -0.4 is 5.32 Å². The lowest BCUT2D eigenvalue weighted by molar-refractivity contribution is 0.424. The highest BCUT2D eigenvalue weighted by Gasteiger charge is 1.95. The lowest BCUT2D eigenvalue weighted by Crippen LogP contribution is -2.01. The highest BCUT2D eigenvalue weighted by Crippen LogP contribution is 2.04. The number of pyridine rings is 1. The van der Waals surface area contributed by atoms with Gasteiger partial charge in [0, 0.05) is 6.20 Å². The number of hydrogen-bond acceptors (Lipinski definition) is 3. The number of nitrogens with zero attached hydrogens (tertiary/aromatic N) is 2. The van der Waals surface area contributed by atoms with Crippen molar-refractivity contribution in [3.63, 3.8) is 0 Å². The normalized spacial score (nSPS) is 14.0. The van der Waals surface area contributed by atoms with Crippen molar-refractivity contribution in [1.82, 2.24) is 4.98 Å². The summed E-state index contributed by atoms with van der Waals surface area (Å²) >= 11 is 0. The Balaban J connectivity index is 2.40. The second-order valence-corrected chi connectivity index (χ2v) is 3.59. The van der Waals surface area contributed by atoms with Crippen LogP contribution in [0.25, 0.3) is 0 Å². The van der Waals surface area contributed by atoms with Gasteiger partial charge in [-0.1, -0.05) is 0 Å². The molecule has 0 aromatic carbocycles. The molecule has 0 saturated carbocycles. The number of aliphatic imine (C=N–C) groups is 1. The van der Waals surface area contributed by atoms with Crippen LogP contribution in [-0.2, 0) is 0 Å². The summed E-state index contributed by atoms with van der Waals surface area (Å²) in [6.45, 7) is 3.39. The quantitative estimate of drug-likeness (QED) is 0.802. The van der Waals surface area contributed by atoms with Gasteiger partial charge in [0.2, 0.25) is 0 Å². The van der Waals surface area contributed by atoms with Gasteiger partial charge >= 0.3 is 0 Å². The van der Waals surface area contributed by atoms with Gasteiger partial charge in [-0.2, -0.15) is 0 Å². The fraction of sp³-hybridized carbons (Fsp3) is 0.333. The van der Waals surface area contributed by atoms with Crippen molar-refractivity contribution >= 4 is 12.0 Å². The Bertz CT molecular complexity index is 414. The van der Waals surface area contributed by atoms with Gasteiger partial charge < -0.3 is 5.32 Å². The molecule has 1 unspecified atom stereocenters. The van der Waals surface area contributed by atoms with Crippen LogP contribution in [0.15, 0.2) is 35.2 Å². The Morgan fingerprint density at radius 1 is 1.65 bits per heavy atom. The van der Waals surface area contributed by atoms with E-state index >= 15 is 0 Å². The Labute approximate surface area is 99.3 Å². The maximum atomic E-state index is 12.9. The van der Waals surface area contributed by atoms with E-state index in [0.717, 1.165) is 17.9 Å². The average molecular weight is 239 g/mol. The summed E-state index contributed by atoms with van der Waals surface area (Å²) in [6, 6.07) is 3.73. The van der Waals surface area contributed by atoms with Gasteiger partial charge in [-0.15, -0.1) is 0 Å². The molecule has 0 aliphatic heterocycles. The molecule has 1 aromatic heterocycles.